The summed E-state index contributed by atoms with van der Waals surface area (Å²) < 4.78 is 13.4. The highest BCUT2D eigenvalue weighted by molar-refractivity contribution is 6.30. The molecule has 1 aliphatic carbocycles. The molecule has 0 radical (unpaired) electrons. The summed E-state index contributed by atoms with van der Waals surface area (Å²) in [5.74, 6) is -0.903. The Bertz CT molecular complexity index is 435. The fourth-order valence-corrected chi connectivity index (χ4v) is 1.77. The normalized spacial score (nSPS) is 16.6. The molecule has 92 valence electrons. The van der Waals surface area contributed by atoms with Gasteiger partial charge in [0, 0.05) is 11.6 Å². The Labute approximate surface area is 104 Å². The van der Waals surface area contributed by atoms with Gasteiger partial charge in [0.25, 0.3) is 5.91 Å². The van der Waals surface area contributed by atoms with Gasteiger partial charge in [-0.3, -0.25) is 4.79 Å². The van der Waals surface area contributed by atoms with Crippen LogP contribution in [-0.2, 0) is 0 Å². The number of carbonyl (C=O) groups is 1. The minimum atomic E-state index is -0.657. The quantitative estimate of drug-likeness (QED) is 0.867. The highest BCUT2D eigenvalue weighted by atomic mass is 35.5. The largest absolute Gasteiger partial charge is 0.391 e. The number of hydrogen-bond donors (Lipinski definition) is 2. The Hall–Kier alpha value is -1.13. The molecule has 2 N–H and O–H groups in total. The summed E-state index contributed by atoms with van der Waals surface area (Å²) in [6.07, 6.45) is 1.45. The average Bonchev–Trinajstić information content (AvgIpc) is 3.09. The third kappa shape index (κ3) is 3.17. The molecule has 0 aromatic heterocycles. The first kappa shape index (κ1) is 12.3. The summed E-state index contributed by atoms with van der Waals surface area (Å²) in [4.78, 5) is 11.6. The second-order valence-corrected chi connectivity index (χ2v) is 4.68. The molecule has 3 nitrogen and oxygen atoms in total. The minimum Gasteiger partial charge on any atom is -0.391 e. The van der Waals surface area contributed by atoms with Gasteiger partial charge in [-0.2, -0.15) is 0 Å². The van der Waals surface area contributed by atoms with Crippen LogP contribution in [0.4, 0.5) is 4.39 Å². The van der Waals surface area contributed by atoms with Crippen LogP contribution in [-0.4, -0.2) is 23.7 Å². The van der Waals surface area contributed by atoms with Crippen LogP contribution in [0, 0.1) is 11.7 Å². The van der Waals surface area contributed by atoms with E-state index in [0.717, 1.165) is 18.9 Å². The van der Waals surface area contributed by atoms with Gasteiger partial charge in [-0.15, -0.1) is 0 Å². The highest BCUT2D eigenvalue weighted by Crippen LogP contribution is 2.32. The summed E-state index contributed by atoms with van der Waals surface area (Å²) in [6, 6.07) is 3.88. The molecule has 17 heavy (non-hydrogen) atoms. The van der Waals surface area contributed by atoms with Crippen molar-refractivity contribution in [3.05, 3.63) is 34.6 Å². The molecular weight excluding hydrogens is 245 g/mol. The van der Waals surface area contributed by atoms with Crippen molar-refractivity contribution >= 4 is 17.5 Å². The summed E-state index contributed by atoms with van der Waals surface area (Å²) in [5, 5.41) is 12.3. The van der Waals surface area contributed by atoms with Crippen LogP contribution in [0.2, 0.25) is 5.02 Å². The number of benzene rings is 1. The predicted octanol–water partition coefficient (Wildman–Crippen LogP) is 1.98. The predicted molar refractivity (Wildman–Crippen MR) is 62.5 cm³/mol. The van der Waals surface area contributed by atoms with E-state index in [4.69, 9.17) is 11.6 Å². The summed E-state index contributed by atoms with van der Waals surface area (Å²) in [6.45, 7) is 0.158. The van der Waals surface area contributed by atoms with E-state index in [2.05, 4.69) is 5.32 Å². The lowest BCUT2D eigenvalue weighted by Crippen LogP contribution is -2.33. The van der Waals surface area contributed by atoms with Gasteiger partial charge < -0.3 is 10.4 Å². The molecule has 0 heterocycles. The second-order valence-electron chi connectivity index (χ2n) is 4.24. The molecule has 1 amide bonds. The molecular formula is C12H13ClFNO2. The Kier molecular flexibility index (Phi) is 3.64. The van der Waals surface area contributed by atoms with E-state index in [1.807, 2.05) is 0 Å². The minimum absolute atomic E-state index is 0.0580. The Morgan fingerprint density at radius 1 is 1.59 bits per heavy atom. The van der Waals surface area contributed by atoms with Crippen LogP contribution < -0.4 is 5.32 Å². The van der Waals surface area contributed by atoms with Gasteiger partial charge >= 0.3 is 0 Å². The maximum Gasteiger partial charge on any atom is 0.254 e. The molecule has 1 aromatic carbocycles. The standard InChI is InChI=1S/C12H13ClFNO2/c13-8-3-4-9(10(14)5-8)12(17)15-6-11(16)7-1-2-7/h3-5,7,11,16H,1-2,6H2,(H,15,17). The molecule has 1 fully saturated rings. The van der Waals surface area contributed by atoms with E-state index in [-0.39, 0.29) is 23.0 Å². The lowest BCUT2D eigenvalue weighted by Gasteiger charge is -2.11. The van der Waals surface area contributed by atoms with Crippen LogP contribution in [0.5, 0.6) is 0 Å². The zero-order valence-electron chi connectivity index (χ0n) is 9.12. The van der Waals surface area contributed by atoms with Crippen molar-refractivity contribution in [1.82, 2.24) is 5.32 Å². The monoisotopic (exact) mass is 257 g/mol. The highest BCUT2D eigenvalue weighted by Gasteiger charge is 2.29. The fraction of sp³-hybridized carbons (Fsp3) is 0.417. The number of aliphatic hydroxyl groups excluding tert-OH is 1. The van der Waals surface area contributed by atoms with Crippen LogP contribution in [0.15, 0.2) is 18.2 Å². The molecule has 5 heteroatoms. The van der Waals surface area contributed by atoms with Crippen molar-refractivity contribution in [3.8, 4) is 0 Å². The van der Waals surface area contributed by atoms with Gasteiger partial charge in [-0.1, -0.05) is 11.6 Å². The van der Waals surface area contributed by atoms with Crippen LogP contribution in [0.25, 0.3) is 0 Å². The summed E-state index contributed by atoms with van der Waals surface area (Å²) >= 11 is 5.59. The second kappa shape index (κ2) is 5.02. The summed E-state index contributed by atoms with van der Waals surface area (Å²) in [5.41, 5.74) is -0.0580. The molecule has 1 unspecified atom stereocenters. The Morgan fingerprint density at radius 3 is 2.88 bits per heavy atom. The number of carbonyl (C=O) groups excluding carboxylic acids is 1. The first-order valence-electron chi connectivity index (χ1n) is 5.49. The maximum absolute atomic E-state index is 13.4. The van der Waals surface area contributed by atoms with Crippen LogP contribution >= 0.6 is 11.6 Å². The van der Waals surface area contributed by atoms with Crippen molar-refractivity contribution in [2.75, 3.05) is 6.54 Å². The molecule has 0 aliphatic heterocycles. The Balaban J connectivity index is 1.94. The van der Waals surface area contributed by atoms with Gasteiger partial charge in [-0.25, -0.2) is 4.39 Å². The maximum atomic E-state index is 13.4. The van der Waals surface area contributed by atoms with Gasteiger partial charge in [0.05, 0.1) is 11.7 Å². The van der Waals surface area contributed by atoms with Gasteiger partial charge in [-0.05, 0) is 37.0 Å². The van der Waals surface area contributed by atoms with Crippen LogP contribution in [0.1, 0.15) is 23.2 Å². The van der Waals surface area contributed by atoms with E-state index in [9.17, 15) is 14.3 Å². The summed E-state index contributed by atoms with van der Waals surface area (Å²) in [7, 11) is 0. The molecule has 0 bridgehead atoms. The molecule has 1 aliphatic rings. The van der Waals surface area contributed by atoms with Crippen molar-refractivity contribution < 1.29 is 14.3 Å². The zero-order chi connectivity index (χ0) is 12.4. The molecule has 1 aromatic rings. The third-order valence-corrected chi connectivity index (χ3v) is 3.05. The molecule has 2 rings (SSSR count). The van der Waals surface area contributed by atoms with E-state index in [1.165, 1.54) is 12.1 Å². The van der Waals surface area contributed by atoms with Crippen molar-refractivity contribution in [2.45, 2.75) is 18.9 Å². The topological polar surface area (TPSA) is 49.3 Å². The zero-order valence-corrected chi connectivity index (χ0v) is 9.88. The van der Waals surface area contributed by atoms with Crippen LogP contribution in [0.3, 0.4) is 0 Å². The fourth-order valence-electron chi connectivity index (χ4n) is 1.61. The SMILES string of the molecule is O=C(NCC(O)C1CC1)c1ccc(Cl)cc1F. The van der Waals surface area contributed by atoms with Gasteiger partial charge in [0.1, 0.15) is 5.82 Å². The third-order valence-electron chi connectivity index (χ3n) is 2.81. The van der Waals surface area contributed by atoms with Crippen molar-refractivity contribution in [1.29, 1.82) is 0 Å². The molecule has 0 saturated heterocycles. The number of rotatable bonds is 4. The van der Waals surface area contributed by atoms with E-state index < -0.39 is 17.8 Å². The first-order valence-corrected chi connectivity index (χ1v) is 5.87. The molecule has 1 saturated carbocycles. The number of aliphatic hydroxyl groups is 1. The van der Waals surface area contributed by atoms with E-state index in [1.54, 1.807) is 0 Å². The lowest BCUT2D eigenvalue weighted by molar-refractivity contribution is 0.0897. The lowest BCUT2D eigenvalue weighted by atomic mass is 10.2. The number of hydrogen-bond acceptors (Lipinski definition) is 2. The Morgan fingerprint density at radius 2 is 2.29 bits per heavy atom. The van der Waals surface area contributed by atoms with E-state index in [0.29, 0.717) is 0 Å². The van der Waals surface area contributed by atoms with E-state index >= 15 is 0 Å². The van der Waals surface area contributed by atoms with Gasteiger partial charge in [0.2, 0.25) is 0 Å². The van der Waals surface area contributed by atoms with Gasteiger partial charge in [0.15, 0.2) is 0 Å². The number of halogens is 2. The molecule has 0 spiro atoms. The first-order chi connectivity index (χ1) is 8.08. The number of amides is 1. The average molecular weight is 258 g/mol. The van der Waals surface area contributed by atoms with Crippen molar-refractivity contribution in [2.24, 2.45) is 5.92 Å². The van der Waals surface area contributed by atoms with Crippen molar-refractivity contribution in [3.63, 3.8) is 0 Å². The smallest absolute Gasteiger partial charge is 0.254 e. The molecule has 1 atom stereocenters. The number of nitrogens with one attached hydrogen (secondary N) is 1.